The SMILES string of the molecule is c1ccc2cc(-c3nc(-c4ccc5c(oc6ccccc65)c4-n4c5ccccc5c5cc6ccccc6cc54)nc(-n4c5ccccc5c5ccccc54)n3)ccc2c1. The zero-order valence-electron chi connectivity index (χ0n) is 31.5. The molecule has 0 unspecified atom stereocenters. The molecule has 0 N–H and O–H groups in total. The lowest BCUT2D eigenvalue weighted by atomic mass is 10.0. The second-order valence-corrected chi connectivity index (χ2v) is 15.2. The summed E-state index contributed by atoms with van der Waals surface area (Å²) < 4.78 is 11.5. The van der Waals surface area contributed by atoms with Crippen LogP contribution in [0.1, 0.15) is 0 Å². The first-order chi connectivity index (χ1) is 29.2. The van der Waals surface area contributed by atoms with E-state index in [9.17, 15) is 0 Å². The van der Waals surface area contributed by atoms with Gasteiger partial charge in [-0.2, -0.15) is 9.97 Å². The van der Waals surface area contributed by atoms with E-state index in [4.69, 9.17) is 19.4 Å². The lowest BCUT2D eigenvalue weighted by molar-refractivity contribution is 0.666. The van der Waals surface area contributed by atoms with Crippen molar-refractivity contribution in [1.82, 2.24) is 24.1 Å². The molecule has 0 bridgehead atoms. The highest BCUT2D eigenvalue weighted by Gasteiger charge is 2.25. The zero-order valence-corrected chi connectivity index (χ0v) is 31.5. The summed E-state index contributed by atoms with van der Waals surface area (Å²) in [5, 5.41) is 11.3. The summed E-state index contributed by atoms with van der Waals surface area (Å²) in [6.07, 6.45) is 0. The van der Waals surface area contributed by atoms with Crippen molar-refractivity contribution in [2.24, 2.45) is 0 Å². The van der Waals surface area contributed by atoms with E-state index in [-0.39, 0.29) is 0 Å². The summed E-state index contributed by atoms with van der Waals surface area (Å²) in [4.78, 5) is 16.2. The maximum Gasteiger partial charge on any atom is 0.238 e. The van der Waals surface area contributed by atoms with E-state index in [0.29, 0.717) is 17.6 Å². The number of benzene rings is 9. The van der Waals surface area contributed by atoms with E-state index >= 15 is 0 Å². The Kier molecular flexibility index (Phi) is 6.63. The van der Waals surface area contributed by atoms with Crippen molar-refractivity contribution in [2.45, 2.75) is 0 Å². The molecule has 0 aliphatic carbocycles. The van der Waals surface area contributed by atoms with E-state index in [0.717, 1.165) is 98.5 Å². The predicted octanol–water partition coefficient (Wildman–Crippen LogP) is 13.6. The predicted molar refractivity (Wildman–Crippen MR) is 242 cm³/mol. The largest absolute Gasteiger partial charge is 0.454 e. The first-order valence-corrected chi connectivity index (χ1v) is 19.9. The normalized spacial score (nSPS) is 12.1. The lowest BCUT2D eigenvalue weighted by Gasteiger charge is -2.16. The monoisotopic (exact) mass is 753 g/mol. The third kappa shape index (κ3) is 4.71. The van der Waals surface area contributed by atoms with Crippen molar-refractivity contribution in [2.75, 3.05) is 0 Å². The Morgan fingerprint density at radius 3 is 1.64 bits per heavy atom. The van der Waals surface area contributed by atoms with Crippen molar-refractivity contribution in [3.63, 3.8) is 0 Å². The highest BCUT2D eigenvalue weighted by molar-refractivity contribution is 6.17. The minimum atomic E-state index is 0.541. The van der Waals surface area contributed by atoms with E-state index in [1.54, 1.807) is 0 Å². The van der Waals surface area contributed by atoms with Gasteiger partial charge in [-0.15, -0.1) is 0 Å². The third-order valence-corrected chi connectivity index (χ3v) is 11.9. The molecule has 0 spiro atoms. The molecular weight excluding hydrogens is 723 g/mol. The maximum absolute atomic E-state index is 6.94. The molecule has 6 heteroatoms. The standard InChI is InChI=1S/C53H31N5O/c1-2-14-33-29-36(26-25-32(33)13-1)51-54-52(56-53(55-51)58-45-22-10-5-17-37(45)38-18-6-11-23-46(38)58)42-28-27-41-40-20-8-12-24-48(40)59-50(41)49(42)57-44-21-9-7-19-39(44)43-30-34-15-3-4-16-35(34)31-47(43)57/h1-31H. The molecule has 0 saturated carbocycles. The smallest absolute Gasteiger partial charge is 0.238 e. The molecule has 0 aliphatic rings. The van der Waals surface area contributed by atoms with Gasteiger partial charge in [-0.25, -0.2) is 4.98 Å². The summed E-state index contributed by atoms with van der Waals surface area (Å²) in [6, 6.07) is 66.1. The molecule has 59 heavy (non-hydrogen) atoms. The number of rotatable bonds is 4. The molecule has 0 aliphatic heterocycles. The Morgan fingerprint density at radius 1 is 0.356 bits per heavy atom. The molecule has 0 fully saturated rings. The van der Waals surface area contributed by atoms with E-state index in [1.165, 1.54) is 5.39 Å². The van der Waals surface area contributed by atoms with E-state index in [1.807, 2.05) is 12.1 Å². The maximum atomic E-state index is 6.94. The van der Waals surface area contributed by atoms with Crippen LogP contribution in [0.3, 0.4) is 0 Å². The Labute approximate surface area is 336 Å². The van der Waals surface area contributed by atoms with Gasteiger partial charge < -0.3 is 8.98 Å². The number of hydrogen-bond acceptors (Lipinski definition) is 4. The average molecular weight is 754 g/mol. The molecular formula is C53H31N5O. The highest BCUT2D eigenvalue weighted by atomic mass is 16.3. The van der Waals surface area contributed by atoms with Crippen LogP contribution < -0.4 is 0 Å². The van der Waals surface area contributed by atoms with Crippen molar-refractivity contribution in [3.8, 4) is 34.4 Å². The van der Waals surface area contributed by atoms with Crippen LogP contribution in [0.25, 0.3) is 122 Å². The molecule has 6 nitrogen and oxygen atoms in total. The summed E-state index contributed by atoms with van der Waals surface area (Å²) in [5.74, 6) is 1.67. The number of nitrogens with zero attached hydrogens (tertiary/aromatic N) is 5. The zero-order chi connectivity index (χ0) is 38.6. The number of aromatic nitrogens is 5. The van der Waals surface area contributed by atoms with E-state index in [2.05, 4.69) is 185 Å². The van der Waals surface area contributed by atoms with Crippen LogP contribution in [0.15, 0.2) is 192 Å². The third-order valence-electron chi connectivity index (χ3n) is 11.9. The van der Waals surface area contributed by atoms with Crippen LogP contribution in [0, 0.1) is 0 Å². The molecule has 0 atom stereocenters. The molecule has 4 aromatic heterocycles. The minimum Gasteiger partial charge on any atom is -0.454 e. The quantitative estimate of drug-likeness (QED) is 0.180. The fourth-order valence-corrected chi connectivity index (χ4v) is 9.25. The molecule has 13 rings (SSSR count). The van der Waals surface area contributed by atoms with Gasteiger partial charge >= 0.3 is 0 Å². The fraction of sp³-hybridized carbons (Fsp3) is 0. The number of fused-ring (bicyclic) bond motifs is 11. The van der Waals surface area contributed by atoms with Gasteiger partial charge in [0.15, 0.2) is 17.2 Å². The minimum absolute atomic E-state index is 0.541. The lowest BCUT2D eigenvalue weighted by Crippen LogP contribution is -2.08. The van der Waals surface area contributed by atoms with Crippen molar-refractivity contribution in [1.29, 1.82) is 0 Å². The molecule has 0 amide bonds. The van der Waals surface area contributed by atoms with Crippen LogP contribution in [0.2, 0.25) is 0 Å². The van der Waals surface area contributed by atoms with Gasteiger partial charge in [-0.3, -0.25) is 4.57 Å². The number of para-hydroxylation sites is 4. The van der Waals surface area contributed by atoms with Crippen molar-refractivity contribution >= 4 is 87.1 Å². The van der Waals surface area contributed by atoms with Gasteiger partial charge in [0, 0.05) is 43.4 Å². The van der Waals surface area contributed by atoms with Gasteiger partial charge in [-0.05, 0) is 76.1 Å². The summed E-state index contributed by atoms with van der Waals surface area (Å²) in [5.41, 5.74) is 8.40. The van der Waals surface area contributed by atoms with Crippen LogP contribution in [-0.4, -0.2) is 24.1 Å². The van der Waals surface area contributed by atoms with Crippen LogP contribution in [-0.2, 0) is 0 Å². The molecule has 4 heterocycles. The Balaban J connectivity index is 1.18. The van der Waals surface area contributed by atoms with Crippen molar-refractivity contribution < 1.29 is 4.42 Å². The second kappa shape index (κ2) is 12.2. The van der Waals surface area contributed by atoms with E-state index < -0.39 is 0 Å². The summed E-state index contributed by atoms with van der Waals surface area (Å²) in [7, 11) is 0. The fourth-order valence-electron chi connectivity index (χ4n) is 9.25. The highest BCUT2D eigenvalue weighted by Crippen LogP contribution is 2.43. The van der Waals surface area contributed by atoms with Crippen LogP contribution in [0.4, 0.5) is 0 Å². The Morgan fingerprint density at radius 2 is 0.915 bits per heavy atom. The Bertz CT molecular complexity index is 3820. The molecule has 274 valence electrons. The first kappa shape index (κ1) is 32.0. The number of hydrogen-bond donors (Lipinski definition) is 0. The van der Waals surface area contributed by atoms with Crippen LogP contribution in [0.5, 0.6) is 0 Å². The topological polar surface area (TPSA) is 61.7 Å². The number of furan rings is 1. The summed E-state index contributed by atoms with van der Waals surface area (Å²) >= 11 is 0. The first-order valence-electron chi connectivity index (χ1n) is 19.9. The molecule has 0 radical (unpaired) electrons. The van der Waals surface area contributed by atoms with Gasteiger partial charge in [0.05, 0.1) is 22.1 Å². The second-order valence-electron chi connectivity index (χ2n) is 15.2. The summed E-state index contributed by atoms with van der Waals surface area (Å²) in [6.45, 7) is 0. The van der Waals surface area contributed by atoms with Crippen LogP contribution >= 0.6 is 0 Å². The molecule has 13 aromatic rings. The average Bonchev–Trinajstić information content (AvgIpc) is 3.95. The van der Waals surface area contributed by atoms with Crippen molar-refractivity contribution in [3.05, 3.63) is 188 Å². The Hall–Kier alpha value is -8.09. The van der Waals surface area contributed by atoms with Gasteiger partial charge in [0.2, 0.25) is 5.95 Å². The van der Waals surface area contributed by atoms with Gasteiger partial charge in [0.1, 0.15) is 11.3 Å². The molecule has 0 saturated heterocycles. The van der Waals surface area contributed by atoms with Gasteiger partial charge in [0.25, 0.3) is 0 Å². The molecule has 9 aromatic carbocycles. The van der Waals surface area contributed by atoms with Gasteiger partial charge in [-0.1, -0.05) is 133 Å².